The first-order chi connectivity index (χ1) is 7.83. The summed E-state index contributed by atoms with van der Waals surface area (Å²) in [7, 11) is 0. The highest BCUT2D eigenvalue weighted by atomic mass is 14.1. The molecule has 0 nitrogen and oxygen atoms in total. The largest absolute Gasteiger partial charge is 0.0654 e. The topological polar surface area (TPSA) is 0 Å². The summed E-state index contributed by atoms with van der Waals surface area (Å²) in [6.07, 6.45) is 8.97. The molecule has 0 aliphatic carbocycles. The Labute approximate surface area is 101 Å². The van der Waals surface area contributed by atoms with Crippen LogP contribution >= 0.6 is 0 Å². The molecule has 0 fully saturated rings. The molecule has 16 heavy (non-hydrogen) atoms. The van der Waals surface area contributed by atoms with Gasteiger partial charge in [0.1, 0.15) is 0 Å². The third kappa shape index (κ3) is 3.66. The first-order valence-corrected chi connectivity index (χ1v) is 6.93. The van der Waals surface area contributed by atoms with Crippen molar-refractivity contribution >= 4 is 0 Å². The van der Waals surface area contributed by atoms with Crippen molar-refractivity contribution < 1.29 is 0 Å². The SMILES string of the molecule is CCCCc1cccc(CC)c1CCCC. The zero-order valence-corrected chi connectivity index (χ0v) is 11.2. The number of benzene rings is 1. The minimum absolute atomic E-state index is 1.18. The Kier molecular flexibility index (Phi) is 6.22. The van der Waals surface area contributed by atoms with Crippen LogP contribution in [0.25, 0.3) is 0 Å². The van der Waals surface area contributed by atoms with Crippen molar-refractivity contribution in [1.29, 1.82) is 0 Å². The lowest BCUT2D eigenvalue weighted by molar-refractivity contribution is 0.751. The molecule has 0 atom stereocenters. The summed E-state index contributed by atoms with van der Waals surface area (Å²) in [5.41, 5.74) is 4.83. The zero-order valence-electron chi connectivity index (χ0n) is 11.2. The van der Waals surface area contributed by atoms with Gasteiger partial charge in [-0.2, -0.15) is 0 Å². The van der Waals surface area contributed by atoms with Gasteiger partial charge in [-0.1, -0.05) is 51.8 Å². The average Bonchev–Trinajstić information content (AvgIpc) is 2.33. The lowest BCUT2D eigenvalue weighted by Gasteiger charge is -2.13. The van der Waals surface area contributed by atoms with Gasteiger partial charge in [-0.05, 0) is 48.8 Å². The van der Waals surface area contributed by atoms with Gasteiger partial charge in [0, 0.05) is 0 Å². The molecule has 0 saturated heterocycles. The molecule has 1 aromatic rings. The second-order valence-corrected chi connectivity index (χ2v) is 4.62. The van der Waals surface area contributed by atoms with Crippen LogP contribution in [0.15, 0.2) is 18.2 Å². The van der Waals surface area contributed by atoms with Gasteiger partial charge in [0.2, 0.25) is 0 Å². The van der Waals surface area contributed by atoms with E-state index in [9.17, 15) is 0 Å². The second kappa shape index (κ2) is 7.49. The van der Waals surface area contributed by atoms with Crippen LogP contribution < -0.4 is 0 Å². The Balaban J connectivity index is 2.86. The highest BCUT2D eigenvalue weighted by Crippen LogP contribution is 2.20. The molecule has 0 spiro atoms. The number of aryl methyl sites for hydroxylation is 2. The number of hydrogen-bond donors (Lipinski definition) is 0. The Morgan fingerprint density at radius 1 is 0.812 bits per heavy atom. The maximum absolute atomic E-state index is 2.33. The summed E-state index contributed by atoms with van der Waals surface area (Å²) >= 11 is 0. The van der Waals surface area contributed by atoms with Gasteiger partial charge in [0.15, 0.2) is 0 Å². The quantitative estimate of drug-likeness (QED) is 0.608. The summed E-state index contributed by atoms with van der Waals surface area (Å²) in [6, 6.07) is 6.87. The Hall–Kier alpha value is -0.780. The first-order valence-electron chi connectivity index (χ1n) is 6.93. The fourth-order valence-corrected chi connectivity index (χ4v) is 2.30. The summed E-state index contributed by atoms with van der Waals surface area (Å²) in [5, 5.41) is 0. The van der Waals surface area contributed by atoms with Crippen LogP contribution in [0.5, 0.6) is 0 Å². The molecule has 0 amide bonds. The lowest BCUT2D eigenvalue weighted by Crippen LogP contribution is -2.00. The fraction of sp³-hybridized carbons (Fsp3) is 0.625. The van der Waals surface area contributed by atoms with Crippen LogP contribution in [0.4, 0.5) is 0 Å². The second-order valence-electron chi connectivity index (χ2n) is 4.62. The standard InChI is InChI=1S/C16H26/c1-4-7-10-15-12-9-11-14(6-3)16(15)13-8-5-2/h9,11-12H,4-8,10,13H2,1-3H3. The van der Waals surface area contributed by atoms with Crippen LogP contribution in [0.3, 0.4) is 0 Å². The molecular weight excluding hydrogens is 192 g/mol. The van der Waals surface area contributed by atoms with Gasteiger partial charge in [-0.3, -0.25) is 0 Å². The van der Waals surface area contributed by atoms with Gasteiger partial charge in [0.25, 0.3) is 0 Å². The number of hydrogen-bond acceptors (Lipinski definition) is 0. The highest BCUT2D eigenvalue weighted by Gasteiger charge is 2.06. The predicted octanol–water partition coefficient (Wildman–Crippen LogP) is 4.93. The molecule has 0 aliphatic rings. The molecule has 1 aromatic carbocycles. The van der Waals surface area contributed by atoms with E-state index in [-0.39, 0.29) is 0 Å². The van der Waals surface area contributed by atoms with Crippen LogP contribution in [-0.2, 0) is 19.3 Å². The maximum Gasteiger partial charge on any atom is -0.0274 e. The molecule has 0 N–H and O–H groups in total. The number of unbranched alkanes of at least 4 members (excludes halogenated alkanes) is 2. The summed E-state index contributed by atoms with van der Waals surface area (Å²) in [5.74, 6) is 0. The van der Waals surface area contributed by atoms with E-state index in [2.05, 4.69) is 39.0 Å². The Morgan fingerprint density at radius 3 is 2.06 bits per heavy atom. The van der Waals surface area contributed by atoms with E-state index < -0.39 is 0 Å². The van der Waals surface area contributed by atoms with E-state index in [1.54, 1.807) is 16.7 Å². The monoisotopic (exact) mass is 218 g/mol. The smallest absolute Gasteiger partial charge is 0.0274 e. The van der Waals surface area contributed by atoms with Crippen LogP contribution in [-0.4, -0.2) is 0 Å². The van der Waals surface area contributed by atoms with E-state index in [0.717, 1.165) is 0 Å². The summed E-state index contributed by atoms with van der Waals surface area (Å²) in [4.78, 5) is 0. The Bertz CT molecular complexity index is 299. The van der Waals surface area contributed by atoms with E-state index in [0.29, 0.717) is 0 Å². The van der Waals surface area contributed by atoms with Gasteiger partial charge in [0.05, 0.1) is 0 Å². The van der Waals surface area contributed by atoms with Gasteiger partial charge >= 0.3 is 0 Å². The van der Waals surface area contributed by atoms with E-state index in [1.165, 1.54) is 44.9 Å². The minimum Gasteiger partial charge on any atom is -0.0654 e. The van der Waals surface area contributed by atoms with Gasteiger partial charge in [-0.25, -0.2) is 0 Å². The highest BCUT2D eigenvalue weighted by molar-refractivity contribution is 5.35. The van der Waals surface area contributed by atoms with Crippen molar-refractivity contribution in [2.75, 3.05) is 0 Å². The Morgan fingerprint density at radius 2 is 1.44 bits per heavy atom. The molecule has 0 heteroatoms. The van der Waals surface area contributed by atoms with Gasteiger partial charge in [-0.15, -0.1) is 0 Å². The molecule has 0 bridgehead atoms. The normalized spacial score (nSPS) is 10.7. The predicted molar refractivity (Wildman–Crippen MR) is 73.0 cm³/mol. The summed E-state index contributed by atoms with van der Waals surface area (Å²) in [6.45, 7) is 6.82. The summed E-state index contributed by atoms with van der Waals surface area (Å²) < 4.78 is 0. The lowest BCUT2D eigenvalue weighted by atomic mass is 9.92. The third-order valence-electron chi connectivity index (χ3n) is 3.33. The van der Waals surface area contributed by atoms with Crippen molar-refractivity contribution in [3.63, 3.8) is 0 Å². The molecule has 0 unspecified atom stereocenters. The van der Waals surface area contributed by atoms with Crippen LogP contribution in [0, 0.1) is 0 Å². The molecule has 1 rings (SSSR count). The van der Waals surface area contributed by atoms with Gasteiger partial charge < -0.3 is 0 Å². The molecular formula is C16H26. The number of rotatable bonds is 7. The van der Waals surface area contributed by atoms with Crippen molar-refractivity contribution in [1.82, 2.24) is 0 Å². The van der Waals surface area contributed by atoms with E-state index >= 15 is 0 Å². The third-order valence-corrected chi connectivity index (χ3v) is 3.33. The molecule has 0 heterocycles. The fourth-order valence-electron chi connectivity index (χ4n) is 2.30. The zero-order chi connectivity index (χ0) is 11.8. The molecule has 0 aromatic heterocycles. The van der Waals surface area contributed by atoms with Crippen LogP contribution in [0.2, 0.25) is 0 Å². The first kappa shape index (κ1) is 13.3. The van der Waals surface area contributed by atoms with E-state index in [1.807, 2.05) is 0 Å². The minimum atomic E-state index is 1.18. The van der Waals surface area contributed by atoms with Crippen molar-refractivity contribution in [2.45, 2.75) is 65.7 Å². The van der Waals surface area contributed by atoms with E-state index in [4.69, 9.17) is 0 Å². The molecule has 0 aliphatic heterocycles. The van der Waals surface area contributed by atoms with Crippen molar-refractivity contribution in [3.05, 3.63) is 34.9 Å². The average molecular weight is 218 g/mol. The van der Waals surface area contributed by atoms with Crippen LogP contribution in [0.1, 0.15) is 63.1 Å². The van der Waals surface area contributed by atoms with Crippen molar-refractivity contribution in [3.8, 4) is 0 Å². The van der Waals surface area contributed by atoms with Crippen molar-refractivity contribution in [2.24, 2.45) is 0 Å². The molecule has 0 radical (unpaired) electrons. The maximum atomic E-state index is 2.33. The molecule has 90 valence electrons. The molecule has 0 saturated carbocycles.